The van der Waals surface area contributed by atoms with Crippen LogP contribution in [0.15, 0.2) is 0 Å². The molecule has 4 nitrogen and oxygen atoms in total. The van der Waals surface area contributed by atoms with Crippen molar-refractivity contribution in [1.29, 1.82) is 0 Å². The predicted octanol–water partition coefficient (Wildman–Crippen LogP) is 1.74. The Bertz CT molecular complexity index is 399. The summed E-state index contributed by atoms with van der Waals surface area (Å²) in [5.74, 6) is 2.71. The van der Waals surface area contributed by atoms with Gasteiger partial charge in [0.15, 0.2) is 0 Å². The molecule has 5 atom stereocenters. The van der Waals surface area contributed by atoms with Crippen LogP contribution >= 0.6 is 0 Å². The zero-order valence-corrected chi connectivity index (χ0v) is 13.6. The Morgan fingerprint density at radius 3 is 2.71 bits per heavy atom. The molecule has 3 saturated carbocycles. The van der Waals surface area contributed by atoms with E-state index in [1.54, 1.807) is 0 Å². The number of nitrogens with one attached hydrogen (secondary N) is 1. The summed E-state index contributed by atoms with van der Waals surface area (Å²) >= 11 is 0. The second kappa shape index (κ2) is 5.88. The lowest BCUT2D eigenvalue weighted by Gasteiger charge is -2.43. The molecule has 3 aliphatic carbocycles. The second-order valence-electron chi connectivity index (χ2n) is 7.82. The highest BCUT2D eigenvalue weighted by atomic mass is 16.1. The van der Waals surface area contributed by atoms with Crippen molar-refractivity contribution in [1.82, 2.24) is 10.2 Å². The summed E-state index contributed by atoms with van der Waals surface area (Å²) in [5, 5.41) is 3.22. The topological polar surface area (TPSA) is 58.4 Å². The van der Waals surface area contributed by atoms with Crippen LogP contribution in [-0.4, -0.2) is 43.0 Å². The zero-order chi connectivity index (χ0) is 15.0. The molecule has 0 aromatic rings. The first-order valence-electron chi connectivity index (χ1n) is 8.73. The number of primary amides is 1. The van der Waals surface area contributed by atoms with E-state index >= 15 is 0 Å². The Labute approximate surface area is 128 Å². The molecular formula is C17H31N3O. The van der Waals surface area contributed by atoms with Crippen molar-refractivity contribution in [2.75, 3.05) is 20.6 Å². The maximum absolute atomic E-state index is 11.9. The Hall–Kier alpha value is -0.610. The van der Waals surface area contributed by atoms with Crippen molar-refractivity contribution in [3.63, 3.8) is 0 Å². The van der Waals surface area contributed by atoms with E-state index in [9.17, 15) is 4.79 Å². The zero-order valence-electron chi connectivity index (χ0n) is 13.6. The van der Waals surface area contributed by atoms with Crippen LogP contribution in [0.1, 0.15) is 51.4 Å². The fraction of sp³-hybridized carbons (Fsp3) is 0.941. The van der Waals surface area contributed by atoms with E-state index in [-0.39, 0.29) is 5.91 Å². The molecule has 21 heavy (non-hydrogen) atoms. The lowest BCUT2D eigenvalue weighted by atomic mass is 9.77. The van der Waals surface area contributed by atoms with Crippen molar-refractivity contribution >= 4 is 5.91 Å². The highest BCUT2D eigenvalue weighted by Crippen LogP contribution is 2.48. The van der Waals surface area contributed by atoms with Crippen LogP contribution in [0, 0.1) is 17.8 Å². The summed E-state index contributed by atoms with van der Waals surface area (Å²) in [6.07, 6.45) is 9.89. The molecule has 0 radical (unpaired) electrons. The smallest absolute Gasteiger partial charge is 0.237 e. The number of nitrogens with two attached hydrogens (primary N) is 1. The highest BCUT2D eigenvalue weighted by Gasteiger charge is 2.43. The van der Waals surface area contributed by atoms with E-state index < -0.39 is 5.54 Å². The Morgan fingerprint density at radius 2 is 2.14 bits per heavy atom. The van der Waals surface area contributed by atoms with Gasteiger partial charge >= 0.3 is 0 Å². The van der Waals surface area contributed by atoms with E-state index in [1.807, 2.05) is 7.05 Å². The second-order valence-corrected chi connectivity index (χ2v) is 7.82. The number of likely N-dealkylation sites (N-methyl/N-ethyl adjacent to an activating group) is 1. The van der Waals surface area contributed by atoms with Crippen LogP contribution < -0.4 is 11.1 Å². The highest BCUT2D eigenvalue weighted by molar-refractivity contribution is 5.84. The number of fused-ring (bicyclic) bond motifs is 2. The number of hydrogen-bond acceptors (Lipinski definition) is 3. The minimum absolute atomic E-state index is 0.178. The fourth-order valence-corrected chi connectivity index (χ4v) is 5.32. The van der Waals surface area contributed by atoms with E-state index in [2.05, 4.69) is 17.3 Å². The van der Waals surface area contributed by atoms with Gasteiger partial charge < -0.3 is 16.0 Å². The Morgan fingerprint density at radius 1 is 1.33 bits per heavy atom. The van der Waals surface area contributed by atoms with E-state index in [0.717, 1.165) is 37.0 Å². The standard InChI is InChI=1S/C17H31N3O/c1-19-17(16(18)21)7-3-4-15(10-17)20(2)11-14-9-12-5-6-13(14)8-12/h12-15,19H,3-11H2,1-2H3,(H2,18,21). The van der Waals surface area contributed by atoms with Gasteiger partial charge in [-0.3, -0.25) is 4.79 Å². The van der Waals surface area contributed by atoms with Gasteiger partial charge in [0, 0.05) is 12.6 Å². The SMILES string of the molecule is CNC1(C(N)=O)CCCC(N(C)CC2CC3CCC2C3)C1. The summed E-state index contributed by atoms with van der Waals surface area (Å²) in [7, 11) is 4.13. The average Bonchev–Trinajstić information content (AvgIpc) is 3.09. The lowest BCUT2D eigenvalue weighted by molar-refractivity contribution is -0.126. The van der Waals surface area contributed by atoms with Crippen LogP contribution in [0.2, 0.25) is 0 Å². The molecule has 1 amide bonds. The molecule has 5 unspecified atom stereocenters. The molecule has 120 valence electrons. The van der Waals surface area contributed by atoms with Gasteiger partial charge in [-0.2, -0.15) is 0 Å². The number of amides is 1. The molecule has 2 bridgehead atoms. The normalized spacial score (nSPS) is 42.6. The molecule has 0 heterocycles. The van der Waals surface area contributed by atoms with Gasteiger partial charge in [0.25, 0.3) is 0 Å². The van der Waals surface area contributed by atoms with Gasteiger partial charge in [0.1, 0.15) is 0 Å². The number of nitrogens with zero attached hydrogens (tertiary/aromatic N) is 1. The summed E-state index contributed by atoms with van der Waals surface area (Å²) in [4.78, 5) is 14.4. The van der Waals surface area contributed by atoms with Crippen LogP contribution in [0.4, 0.5) is 0 Å². The summed E-state index contributed by atoms with van der Waals surface area (Å²) in [6.45, 7) is 1.21. The molecule has 0 aliphatic heterocycles. The number of rotatable bonds is 5. The van der Waals surface area contributed by atoms with Gasteiger partial charge in [-0.05, 0) is 76.8 Å². The van der Waals surface area contributed by atoms with E-state index in [1.165, 1.54) is 38.6 Å². The van der Waals surface area contributed by atoms with Gasteiger partial charge in [0.05, 0.1) is 5.54 Å². The van der Waals surface area contributed by atoms with E-state index in [4.69, 9.17) is 5.73 Å². The van der Waals surface area contributed by atoms with Crippen LogP contribution in [0.3, 0.4) is 0 Å². The molecule has 0 aromatic heterocycles. The quantitative estimate of drug-likeness (QED) is 0.812. The predicted molar refractivity (Wildman–Crippen MR) is 84.8 cm³/mol. The number of carbonyl (C=O) groups is 1. The maximum atomic E-state index is 11.9. The molecule has 0 aromatic carbocycles. The molecule has 3 rings (SSSR count). The van der Waals surface area contributed by atoms with Gasteiger partial charge in [-0.1, -0.05) is 6.42 Å². The molecule has 0 spiro atoms. The van der Waals surface area contributed by atoms with Crippen LogP contribution in [0.25, 0.3) is 0 Å². The summed E-state index contributed by atoms with van der Waals surface area (Å²) in [5.41, 5.74) is 5.19. The Kier molecular flexibility index (Phi) is 4.28. The molecular weight excluding hydrogens is 262 g/mol. The minimum Gasteiger partial charge on any atom is -0.368 e. The average molecular weight is 293 g/mol. The van der Waals surface area contributed by atoms with Crippen molar-refractivity contribution in [3.05, 3.63) is 0 Å². The minimum atomic E-state index is -0.480. The van der Waals surface area contributed by atoms with Gasteiger partial charge in [-0.25, -0.2) is 0 Å². The van der Waals surface area contributed by atoms with Crippen molar-refractivity contribution in [3.8, 4) is 0 Å². The fourth-order valence-electron chi connectivity index (χ4n) is 5.32. The van der Waals surface area contributed by atoms with Crippen molar-refractivity contribution in [2.45, 2.75) is 62.9 Å². The molecule has 3 N–H and O–H groups in total. The first-order valence-corrected chi connectivity index (χ1v) is 8.73. The third kappa shape index (κ3) is 2.85. The van der Waals surface area contributed by atoms with Gasteiger partial charge in [-0.15, -0.1) is 0 Å². The molecule has 3 fully saturated rings. The third-order valence-electron chi connectivity index (χ3n) is 6.71. The third-order valence-corrected chi connectivity index (χ3v) is 6.71. The van der Waals surface area contributed by atoms with Crippen LogP contribution in [-0.2, 0) is 4.79 Å². The first kappa shape index (κ1) is 15.3. The Balaban J connectivity index is 1.59. The number of carbonyl (C=O) groups excluding carboxylic acids is 1. The number of hydrogen-bond donors (Lipinski definition) is 2. The van der Waals surface area contributed by atoms with Crippen molar-refractivity contribution < 1.29 is 4.79 Å². The summed E-state index contributed by atoms with van der Waals surface area (Å²) < 4.78 is 0. The maximum Gasteiger partial charge on any atom is 0.237 e. The molecule has 0 saturated heterocycles. The van der Waals surface area contributed by atoms with Crippen LogP contribution in [0.5, 0.6) is 0 Å². The van der Waals surface area contributed by atoms with Gasteiger partial charge in [0.2, 0.25) is 5.91 Å². The summed E-state index contributed by atoms with van der Waals surface area (Å²) in [6, 6.07) is 0.498. The van der Waals surface area contributed by atoms with E-state index in [0.29, 0.717) is 6.04 Å². The molecule has 4 heteroatoms. The van der Waals surface area contributed by atoms with Crippen molar-refractivity contribution in [2.24, 2.45) is 23.5 Å². The monoisotopic (exact) mass is 293 g/mol. The largest absolute Gasteiger partial charge is 0.368 e. The molecule has 3 aliphatic rings. The first-order chi connectivity index (χ1) is 10.0. The lowest BCUT2D eigenvalue weighted by Crippen LogP contribution is -2.59.